The van der Waals surface area contributed by atoms with Gasteiger partial charge in [0.05, 0.1) is 5.41 Å². The molecule has 0 aromatic rings. The molecule has 3 N–H and O–H groups in total. The molecule has 13 heavy (non-hydrogen) atoms. The second-order valence-corrected chi connectivity index (χ2v) is 4.66. The molecule has 0 aliphatic heterocycles. The third-order valence-corrected chi connectivity index (χ3v) is 3.46. The zero-order valence-corrected chi connectivity index (χ0v) is 8.18. The third kappa shape index (κ3) is 1.57. The van der Waals surface area contributed by atoms with E-state index in [-0.39, 0.29) is 17.4 Å². The van der Waals surface area contributed by atoms with Gasteiger partial charge in [-0.1, -0.05) is 6.42 Å². The summed E-state index contributed by atoms with van der Waals surface area (Å²) in [6.07, 6.45) is 5.34. The lowest BCUT2D eigenvalue weighted by atomic mass is 9.84. The van der Waals surface area contributed by atoms with E-state index in [0.717, 1.165) is 32.1 Å². The minimum Gasteiger partial charge on any atom is -0.353 e. The maximum atomic E-state index is 11.8. The first-order valence-corrected chi connectivity index (χ1v) is 5.19. The highest BCUT2D eigenvalue weighted by atomic mass is 16.2. The van der Waals surface area contributed by atoms with E-state index < -0.39 is 0 Å². The van der Waals surface area contributed by atoms with Gasteiger partial charge in [-0.3, -0.25) is 4.79 Å². The van der Waals surface area contributed by atoms with E-state index in [9.17, 15) is 4.79 Å². The van der Waals surface area contributed by atoms with E-state index >= 15 is 0 Å². The van der Waals surface area contributed by atoms with Crippen LogP contribution in [0.25, 0.3) is 0 Å². The zero-order valence-electron chi connectivity index (χ0n) is 8.18. The van der Waals surface area contributed by atoms with Crippen LogP contribution in [0.4, 0.5) is 0 Å². The van der Waals surface area contributed by atoms with Crippen molar-refractivity contribution in [2.75, 3.05) is 0 Å². The highest BCUT2D eigenvalue weighted by Crippen LogP contribution is 2.37. The molecule has 2 unspecified atom stereocenters. The molecule has 2 fully saturated rings. The average Bonchev–Trinajstić information content (AvgIpc) is 2.81. The van der Waals surface area contributed by atoms with Crippen molar-refractivity contribution in [1.29, 1.82) is 0 Å². The molecule has 0 heterocycles. The van der Waals surface area contributed by atoms with Gasteiger partial charge < -0.3 is 11.1 Å². The predicted octanol–water partition coefficient (Wildman–Crippen LogP) is 0.782. The normalized spacial score (nSPS) is 39.1. The first kappa shape index (κ1) is 9.00. The molecule has 3 heteroatoms. The zero-order chi connectivity index (χ0) is 9.47. The van der Waals surface area contributed by atoms with Crippen LogP contribution >= 0.6 is 0 Å². The molecule has 0 aromatic heterocycles. The highest BCUT2D eigenvalue weighted by Gasteiger charge is 2.44. The summed E-state index contributed by atoms with van der Waals surface area (Å²) in [5.41, 5.74) is 5.66. The lowest BCUT2D eigenvalue weighted by molar-refractivity contribution is -0.130. The summed E-state index contributed by atoms with van der Waals surface area (Å²) >= 11 is 0. The predicted molar refractivity (Wildman–Crippen MR) is 51.1 cm³/mol. The van der Waals surface area contributed by atoms with Crippen LogP contribution in [0, 0.1) is 5.41 Å². The molecule has 3 nitrogen and oxygen atoms in total. The maximum Gasteiger partial charge on any atom is 0.227 e. The van der Waals surface area contributed by atoms with Gasteiger partial charge in [0.25, 0.3) is 0 Å². The molecule has 1 amide bonds. The average molecular weight is 182 g/mol. The van der Waals surface area contributed by atoms with E-state index in [1.807, 2.05) is 6.92 Å². The molecule has 0 radical (unpaired) electrons. The summed E-state index contributed by atoms with van der Waals surface area (Å²) in [7, 11) is 0. The van der Waals surface area contributed by atoms with Crippen LogP contribution in [-0.2, 0) is 4.79 Å². The molecule has 2 aliphatic carbocycles. The Hall–Kier alpha value is -0.570. The van der Waals surface area contributed by atoms with Crippen molar-refractivity contribution in [1.82, 2.24) is 5.32 Å². The standard InChI is InChI=1S/C10H18N2O/c1-10(6-2-3-8(10)11)9(13)12-7-4-5-7/h7-8H,2-6,11H2,1H3,(H,12,13). The summed E-state index contributed by atoms with van der Waals surface area (Å²) in [4.78, 5) is 11.8. The number of carbonyl (C=O) groups excluding carboxylic acids is 1. The van der Waals surface area contributed by atoms with Gasteiger partial charge in [0.1, 0.15) is 0 Å². The van der Waals surface area contributed by atoms with Gasteiger partial charge >= 0.3 is 0 Å². The number of nitrogens with one attached hydrogen (secondary N) is 1. The molecule has 0 bridgehead atoms. The van der Waals surface area contributed by atoms with Crippen molar-refractivity contribution < 1.29 is 4.79 Å². The third-order valence-electron chi connectivity index (χ3n) is 3.46. The van der Waals surface area contributed by atoms with Crippen molar-refractivity contribution in [3.8, 4) is 0 Å². The van der Waals surface area contributed by atoms with Crippen LogP contribution in [0.15, 0.2) is 0 Å². The van der Waals surface area contributed by atoms with Crippen LogP contribution in [0.3, 0.4) is 0 Å². The monoisotopic (exact) mass is 182 g/mol. The van der Waals surface area contributed by atoms with Crippen molar-refractivity contribution >= 4 is 5.91 Å². The van der Waals surface area contributed by atoms with Crippen LogP contribution < -0.4 is 11.1 Å². The molecule has 74 valence electrons. The van der Waals surface area contributed by atoms with Crippen molar-refractivity contribution in [2.45, 2.75) is 51.1 Å². The van der Waals surface area contributed by atoms with E-state index in [2.05, 4.69) is 5.32 Å². The lowest BCUT2D eigenvalue weighted by Crippen LogP contribution is -2.47. The number of carbonyl (C=O) groups is 1. The molecule has 2 atom stereocenters. The number of rotatable bonds is 2. The summed E-state index contributed by atoms with van der Waals surface area (Å²) in [5.74, 6) is 0.181. The van der Waals surface area contributed by atoms with Crippen LogP contribution in [0.2, 0.25) is 0 Å². The summed E-state index contributed by atoms with van der Waals surface area (Å²) in [6.45, 7) is 2.00. The smallest absolute Gasteiger partial charge is 0.227 e. The summed E-state index contributed by atoms with van der Waals surface area (Å²) in [5, 5.41) is 3.05. The Morgan fingerprint density at radius 2 is 2.15 bits per heavy atom. The number of nitrogens with two attached hydrogens (primary N) is 1. The summed E-state index contributed by atoms with van der Waals surface area (Å²) < 4.78 is 0. The first-order valence-electron chi connectivity index (χ1n) is 5.19. The van der Waals surface area contributed by atoms with Crippen LogP contribution in [0.1, 0.15) is 39.0 Å². The summed E-state index contributed by atoms with van der Waals surface area (Å²) in [6, 6.07) is 0.517. The largest absolute Gasteiger partial charge is 0.353 e. The van der Waals surface area contributed by atoms with E-state index in [1.165, 1.54) is 0 Å². The fourth-order valence-electron chi connectivity index (χ4n) is 2.05. The molecule has 0 spiro atoms. The molecule has 2 aliphatic rings. The molecular weight excluding hydrogens is 164 g/mol. The molecule has 2 saturated carbocycles. The Morgan fingerprint density at radius 3 is 2.62 bits per heavy atom. The number of hydrogen-bond donors (Lipinski definition) is 2. The fraction of sp³-hybridized carbons (Fsp3) is 0.900. The fourth-order valence-corrected chi connectivity index (χ4v) is 2.05. The van der Waals surface area contributed by atoms with Gasteiger partial charge in [0.15, 0.2) is 0 Å². The van der Waals surface area contributed by atoms with Crippen molar-refractivity contribution in [3.63, 3.8) is 0 Å². The lowest BCUT2D eigenvalue weighted by Gasteiger charge is -2.27. The van der Waals surface area contributed by atoms with E-state index in [4.69, 9.17) is 5.73 Å². The minimum atomic E-state index is -0.289. The van der Waals surface area contributed by atoms with Gasteiger partial charge in [-0.2, -0.15) is 0 Å². The van der Waals surface area contributed by atoms with E-state index in [1.54, 1.807) is 0 Å². The SMILES string of the molecule is CC1(C(=O)NC2CC2)CCCC1N. The van der Waals surface area contributed by atoms with Gasteiger partial charge in [-0.05, 0) is 32.6 Å². The van der Waals surface area contributed by atoms with E-state index in [0.29, 0.717) is 6.04 Å². The van der Waals surface area contributed by atoms with Crippen LogP contribution in [-0.4, -0.2) is 18.0 Å². The Bertz CT molecular complexity index is 225. The van der Waals surface area contributed by atoms with Gasteiger partial charge in [-0.25, -0.2) is 0 Å². The quantitative estimate of drug-likeness (QED) is 0.663. The number of hydrogen-bond acceptors (Lipinski definition) is 2. The second-order valence-electron chi connectivity index (χ2n) is 4.66. The Morgan fingerprint density at radius 1 is 1.46 bits per heavy atom. The van der Waals surface area contributed by atoms with Crippen LogP contribution in [0.5, 0.6) is 0 Å². The van der Waals surface area contributed by atoms with Crippen molar-refractivity contribution in [3.05, 3.63) is 0 Å². The van der Waals surface area contributed by atoms with Gasteiger partial charge in [-0.15, -0.1) is 0 Å². The van der Waals surface area contributed by atoms with Gasteiger partial charge in [0.2, 0.25) is 5.91 Å². The Labute approximate surface area is 79.1 Å². The minimum absolute atomic E-state index is 0.0613. The maximum absolute atomic E-state index is 11.8. The Balaban J connectivity index is 1.99. The van der Waals surface area contributed by atoms with Crippen molar-refractivity contribution in [2.24, 2.45) is 11.1 Å². The first-order chi connectivity index (χ1) is 6.13. The Kier molecular flexibility index (Phi) is 2.06. The highest BCUT2D eigenvalue weighted by molar-refractivity contribution is 5.83. The topological polar surface area (TPSA) is 55.1 Å². The molecule has 0 aromatic carbocycles. The molecule has 0 saturated heterocycles. The second kappa shape index (κ2) is 2.98. The number of amides is 1. The molecule has 2 rings (SSSR count). The molecular formula is C10H18N2O. The van der Waals surface area contributed by atoms with Gasteiger partial charge in [0, 0.05) is 12.1 Å².